The second-order valence-electron chi connectivity index (χ2n) is 6.06. The van der Waals surface area contributed by atoms with Crippen LogP contribution in [0, 0.1) is 0 Å². The Balaban J connectivity index is 2.08. The maximum atomic E-state index is 12.1. The fourth-order valence-corrected chi connectivity index (χ4v) is 2.98. The van der Waals surface area contributed by atoms with Gasteiger partial charge in [-0.15, -0.1) is 0 Å². The van der Waals surface area contributed by atoms with Crippen LogP contribution in [0.3, 0.4) is 0 Å². The predicted molar refractivity (Wildman–Crippen MR) is 96.5 cm³/mol. The van der Waals surface area contributed by atoms with Gasteiger partial charge in [-0.2, -0.15) is 0 Å². The van der Waals surface area contributed by atoms with Gasteiger partial charge in [0.2, 0.25) is 11.2 Å². The van der Waals surface area contributed by atoms with E-state index in [1.54, 1.807) is 6.92 Å². The van der Waals surface area contributed by atoms with Crippen molar-refractivity contribution in [2.24, 2.45) is 0 Å². The number of para-hydroxylation sites is 1. The monoisotopic (exact) mass is 372 g/mol. The van der Waals surface area contributed by atoms with Crippen molar-refractivity contribution in [3.63, 3.8) is 0 Å². The number of fused-ring (bicyclic) bond motifs is 1. The molecule has 0 spiro atoms. The first-order valence-electron chi connectivity index (χ1n) is 8.58. The molecule has 0 bridgehead atoms. The zero-order valence-electron chi connectivity index (χ0n) is 14.8. The van der Waals surface area contributed by atoms with Gasteiger partial charge in [-0.05, 0) is 24.6 Å². The first kappa shape index (κ1) is 18.7. The highest BCUT2D eigenvalue weighted by Gasteiger charge is 2.30. The summed E-state index contributed by atoms with van der Waals surface area (Å²) in [5.74, 6) is -1.25. The van der Waals surface area contributed by atoms with Crippen molar-refractivity contribution in [1.82, 2.24) is 0 Å². The van der Waals surface area contributed by atoms with Crippen LogP contribution in [-0.2, 0) is 16.1 Å². The van der Waals surface area contributed by atoms with E-state index in [1.807, 2.05) is 30.3 Å². The van der Waals surface area contributed by atoms with Crippen LogP contribution in [0.25, 0.3) is 6.08 Å². The molecule has 1 aromatic heterocycles. The van der Waals surface area contributed by atoms with Crippen molar-refractivity contribution < 1.29 is 28.9 Å². The maximum Gasteiger partial charge on any atom is 0.306 e. The first-order chi connectivity index (χ1) is 13.0. The summed E-state index contributed by atoms with van der Waals surface area (Å²) in [5.41, 5.74) is 0.773. The predicted octanol–water partition coefficient (Wildman–Crippen LogP) is 2.35. The molecule has 142 valence electrons. The van der Waals surface area contributed by atoms with Gasteiger partial charge in [0.1, 0.15) is 24.7 Å². The van der Waals surface area contributed by atoms with E-state index in [1.165, 1.54) is 0 Å². The SMILES string of the molecule is CCOC(=O)C[C@H](C1=Cc2ccccc2OC1)c1oc(CO)cc(=O)c1O. The van der Waals surface area contributed by atoms with Gasteiger partial charge in [0.05, 0.1) is 18.9 Å². The maximum absolute atomic E-state index is 12.1. The largest absolute Gasteiger partial charge is 0.502 e. The highest BCUT2D eigenvalue weighted by molar-refractivity contribution is 5.73. The highest BCUT2D eigenvalue weighted by atomic mass is 16.5. The lowest BCUT2D eigenvalue weighted by Crippen LogP contribution is -2.20. The van der Waals surface area contributed by atoms with Gasteiger partial charge in [-0.25, -0.2) is 0 Å². The number of esters is 1. The minimum atomic E-state index is -0.767. The molecule has 1 atom stereocenters. The highest BCUT2D eigenvalue weighted by Crippen LogP contribution is 2.38. The van der Waals surface area contributed by atoms with E-state index in [-0.39, 0.29) is 31.2 Å². The van der Waals surface area contributed by atoms with Crippen LogP contribution in [-0.4, -0.2) is 29.4 Å². The third-order valence-corrected chi connectivity index (χ3v) is 4.25. The van der Waals surface area contributed by atoms with Gasteiger partial charge in [-0.3, -0.25) is 9.59 Å². The van der Waals surface area contributed by atoms with Crippen molar-refractivity contribution in [2.45, 2.75) is 25.9 Å². The Morgan fingerprint density at radius 3 is 2.85 bits per heavy atom. The molecule has 7 nitrogen and oxygen atoms in total. The van der Waals surface area contributed by atoms with Gasteiger partial charge in [-0.1, -0.05) is 18.2 Å². The third-order valence-electron chi connectivity index (χ3n) is 4.25. The molecule has 1 aliphatic rings. The van der Waals surface area contributed by atoms with Crippen molar-refractivity contribution in [2.75, 3.05) is 13.2 Å². The molecular weight excluding hydrogens is 352 g/mol. The van der Waals surface area contributed by atoms with Crippen LogP contribution in [0.2, 0.25) is 0 Å². The summed E-state index contributed by atoms with van der Waals surface area (Å²) >= 11 is 0. The Kier molecular flexibility index (Phi) is 5.61. The Morgan fingerprint density at radius 1 is 1.33 bits per heavy atom. The summed E-state index contributed by atoms with van der Waals surface area (Å²) in [6.07, 6.45) is 1.70. The molecule has 0 fully saturated rings. The number of carbonyl (C=O) groups excluding carboxylic acids is 1. The minimum absolute atomic E-state index is 0.000568. The topological polar surface area (TPSA) is 106 Å². The molecule has 0 unspecified atom stereocenters. The number of rotatable bonds is 6. The molecule has 3 rings (SSSR count). The smallest absolute Gasteiger partial charge is 0.306 e. The Labute approximate surface area is 155 Å². The lowest BCUT2D eigenvalue weighted by Gasteiger charge is -2.24. The first-order valence-corrected chi connectivity index (χ1v) is 8.58. The summed E-state index contributed by atoms with van der Waals surface area (Å²) in [7, 11) is 0. The van der Waals surface area contributed by atoms with E-state index in [4.69, 9.17) is 13.9 Å². The molecule has 7 heteroatoms. The average molecular weight is 372 g/mol. The van der Waals surface area contributed by atoms with Crippen LogP contribution < -0.4 is 10.2 Å². The Bertz CT molecular complexity index is 926. The van der Waals surface area contributed by atoms with E-state index in [0.29, 0.717) is 11.3 Å². The molecule has 2 N–H and O–H groups in total. The van der Waals surface area contributed by atoms with Gasteiger partial charge in [0, 0.05) is 11.6 Å². The fourth-order valence-electron chi connectivity index (χ4n) is 2.98. The lowest BCUT2D eigenvalue weighted by molar-refractivity contribution is -0.143. The zero-order chi connectivity index (χ0) is 19.4. The van der Waals surface area contributed by atoms with Crippen molar-refractivity contribution >= 4 is 12.0 Å². The number of ether oxygens (including phenoxy) is 2. The van der Waals surface area contributed by atoms with E-state index in [9.17, 15) is 19.8 Å². The second kappa shape index (κ2) is 8.09. The van der Waals surface area contributed by atoms with Crippen LogP contribution in [0.5, 0.6) is 11.5 Å². The molecule has 0 saturated heterocycles. The molecular formula is C20H20O7. The molecule has 27 heavy (non-hydrogen) atoms. The average Bonchev–Trinajstić information content (AvgIpc) is 2.68. The minimum Gasteiger partial charge on any atom is -0.502 e. The molecule has 0 saturated carbocycles. The van der Waals surface area contributed by atoms with Crippen molar-refractivity contribution in [1.29, 1.82) is 0 Å². The van der Waals surface area contributed by atoms with Crippen LogP contribution in [0.15, 0.2) is 45.1 Å². The number of benzene rings is 1. The number of aromatic hydroxyl groups is 1. The molecule has 0 aliphatic carbocycles. The second-order valence-corrected chi connectivity index (χ2v) is 6.06. The van der Waals surface area contributed by atoms with E-state index in [0.717, 1.165) is 11.6 Å². The number of carbonyl (C=O) groups is 1. The molecule has 0 amide bonds. The lowest BCUT2D eigenvalue weighted by atomic mass is 9.89. The van der Waals surface area contributed by atoms with E-state index in [2.05, 4.69) is 0 Å². The fraction of sp³-hybridized carbons (Fsp3) is 0.300. The zero-order valence-corrected chi connectivity index (χ0v) is 14.8. The molecule has 2 aromatic rings. The third kappa shape index (κ3) is 4.03. The van der Waals surface area contributed by atoms with E-state index < -0.39 is 29.7 Å². The van der Waals surface area contributed by atoms with Gasteiger partial charge >= 0.3 is 5.97 Å². The molecule has 1 aliphatic heterocycles. The molecule has 2 heterocycles. The summed E-state index contributed by atoms with van der Waals surface area (Å²) in [6.45, 7) is 1.55. The number of aliphatic hydroxyl groups excluding tert-OH is 1. The van der Waals surface area contributed by atoms with Crippen LogP contribution in [0.1, 0.15) is 36.3 Å². The number of hydrogen-bond acceptors (Lipinski definition) is 7. The van der Waals surface area contributed by atoms with Crippen molar-refractivity contribution in [3.8, 4) is 11.5 Å². The quantitative estimate of drug-likeness (QED) is 0.750. The van der Waals surface area contributed by atoms with Crippen LogP contribution in [0.4, 0.5) is 0 Å². The number of hydrogen-bond donors (Lipinski definition) is 2. The van der Waals surface area contributed by atoms with Gasteiger partial charge in [0.15, 0.2) is 5.76 Å². The Morgan fingerprint density at radius 2 is 2.11 bits per heavy atom. The van der Waals surface area contributed by atoms with Crippen LogP contribution >= 0.6 is 0 Å². The molecule has 1 aromatic carbocycles. The summed E-state index contributed by atoms with van der Waals surface area (Å²) in [5, 5.41) is 19.6. The molecule has 0 radical (unpaired) electrons. The van der Waals surface area contributed by atoms with Gasteiger partial charge in [0.25, 0.3) is 0 Å². The summed E-state index contributed by atoms with van der Waals surface area (Å²) in [4.78, 5) is 24.2. The van der Waals surface area contributed by atoms with Gasteiger partial charge < -0.3 is 24.1 Å². The standard InChI is InChI=1S/C20H20O7/c1-2-25-18(23)9-15(20-19(24)16(22)8-14(10-21)27-20)13-7-12-5-3-4-6-17(12)26-11-13/h3-8,15,21,24H,2,9-11H2,1H3/t15-/m1/s1. The van der Waals surface area contributed by atoms with Crippen molar-refractivity contribution in [3.05, 3.63) is 63.2 Å². The summed E-state index contributed by atoms with van der Waals surface area (Å²) in [6, 6.07) is 8.40. The Hall–Kier alpha value is -3.06. The van der Waals surface area contributed by atoms with E-state index >= 15 is 0 Å². The number of aliphatic hydroxyl groups is 1. The normalized spacial score (nSPS) is 13.9. The summed E-state index contributed by atoms with van der Waals surface area (Å²) < 4.78 is 16.3.